The Balaban J connectivity index is 0.00000324. The van der Waals surface area contributed by atoms with Crippen LogP contribution >= 0.6 is 24.0 Å². The summed E-state index contributed by atoms with van der Waals surface area (Å²) < 4.78 is 11.3. The number of methoxy groups -OCH3 is 1. The summed E-state index contributed by atoms with van der Waals surface area (Å²) in [5.41, 5.74) is 3.43. The van der Waals surface area contributed by atoms with Gasteiger partial charge >= 0.3 is 0 Å². The molecule has 3 aromatic rings. The SMILES string of the molecule is CN=C(NCc1nc(-c2ccc(OC)cc2)n[nH]1)NCC1CCCOC1c1ccc(C)cc1.I. The van der Waals surface area contributed by atoms with Crippen LogP contribution in [0.4, 0.5) is 0 Å². The minimum atomic E-state index is 0. The van der Waals surface area contributed by atoms with E-state index in [0.717, 1.165) is 49.1 Å². The van der Waals surface area contributed by atoms with Gasteiger partial charge in [-0.25, -0.2) is 4.98 Å². The number of benzene rings is 2. The molecule has 0 spiro atoms. The van der Waals surface area contributed by atoms with Gasteiger partial charge in [0.05, 0.1) is 19.8 Å². The predicted octanol–water partition coefficient (Wildman–Crippen LogP) is 4.24. The smallest absolute Gasteiger partial charge is 0.191 e. The maximum Gasteiger partial charge on any atom is 0.191 e. The molecule has 0 amide bonds. The summed E-state index contributed by atoms with van der Waals surface area (Å²) in [6.45, 7) is 4.19. The second-order valence-electron chi connectivity index (χ2n) is 8.25. The molecule has 2 atom stereocenters. The van der Waals surface area contributed by atoms with Crippen LogP contribution < -0.4 is 15.4 Å². The molecule has 1 aliphatic rings. The molecule has 9 heteroatoms. The molecule has 0 saturated carbocycles. The van der Waals surface area contributed by atoms with Gasteiger partial charge in [-0.3, -0.25) is 10.1 Å². The Bertz CT molecular complexity index is 1050. The van der Waals surface area contributed by atoms with Crippen molar-refractivity contribution >= 4 is 29.9 Å². The average Bonchev–Trinajstić information content (AvgIpc) is 3.34. The predicted molar refractivity (Wildman–Crippen MR) is 145 cm³/mol. The average molecular weight is 576 g/mol. The van der Waals surface area contributed by atoms with Crippen LogP contribution in [-0.4, -0.2) is 48.5 Å². The molecule has 0 bridgehead atoms. The van der Waals surface area contributed by atoms with E-state index < -0.39 is 0 Å². The van der Waals surface area contributed by atoms with Gasteiger partial charge in [-0.2, -0.15) is 5.10 Å². The summed E-state index contributed by atoms with van der Waals surface area (Å²) in [5.74, 6) is 3.30. The third-order valence-electron chi connectivity index (χ3n) is 5.91. The first-order valence-electron chi connectivity index (χ1n) is 11.3. The van der Waals surface area contributed by atoms with Gasteiger partial charge in [-0.15, -0.1) is 24.0 Å². The molecule has 8 nitrogen and oxygen atoms in total. The first-order chi connectivity index (χ1) is 16.2. The second kappa shape index (κ2) is 12.7. The molecule has 0 radical (unpaired) electrons. The van der Waals surface area contributed by atoms with E-state index in [0.29, 0.717) is 18.3 Å². The Morgan fingerprint density at radius 1 is 1.15 bits per heavy atom. The van der Waals surface area contributed by atoms with Crippen LogP contribution in [-0.2, 0) is 11.3 Å². The number of aliphatic imine (C=N–C) groups is 1. The molecular formula is C25H33IN6O2. The number of ether oxygens (including phenoxy) is 2. The first-order valence-corrected chi connectivity index (χ1v) is 11.3. The number of rotatable bonds is 7. The standard InChI is InChI=1S/C25H32N6O2.HI/c1-17-6-8-18(9-7-17)23-20(5-4-14-33-23)15-27-25(26-2)28-16-22-29-24(31-30-22)19-10-12-21(32-3)13-11-19;/h6-13,20,23H,4-5,14-16H2,1-3H3,(H2,26,27,28)(H,29,30,31);1H. The molecule has 2 unspecified atom stereocenters. The number of aryl methyl sites for hydroxylation is 1. The maximum absolute atomic E-state index is 6.14. The monoisotopic (exact) mass is 576 g/mol. The van der Waals surface area contributed by atoms with Crippen molar-refractivity contribution in [3.8, 4) is 17.1 Å². The molecular weight excluding hydrogens is 543 g/mol. The number of halogens is 1. The highest BCUT2D eigenvalue weighted by molar-refractivity contribution is 14.0. The van der Waals surface area contributed by atoms with Crippen molar-refractivity contribution in [3.63, 3.8) is 0 Å². The zero-order valence-electron chi connectivity index (χ0n) is 19.9. The van der Waals surface area contributed by atoms with E-state index in [-0.39, 0.29) is 30.1 Å². The van der Waals surface area contributed by atoms with E-state index in [1.807, 2.05) is 24.3 Å². The number of guanidine groups is 1. The number of nitrogens with one attached hydrogen (secondary N) is 3. The number of H-pyrrole nitrogens is 1. The molecule has 2 aromatic carbocycles. The number of nitrogens with zero attached hydrogens (tertiary/aromatic N) is 3. The molecule has 182 valence electrons. The van der Waals surface area contributed by atoms with Gasteiger partial charge in [0.25, 0.3) is 0 Å². The fourth-order valence-corrected chi connectivity index (χ4v) is 4.04. The Kier molecular flexibility index (Phi) is 9.70. The molecule has 1 aliphatic heterocycles. The van der Waals surface area contributed by atoms with Crippen LogP contribution in [0.2, 0.25) is 0 Å². The maximum atomic E-state index is 6.14. The minimum absolute atomic E-state index is 0. The fraction of sp³-hybridized carbons (Fsp3) is 0.400. The zero-order chi connectivity index (χ0) is 23.0. The summed E-state index contributed by atoms with van der Waals surface area (Å²) in [6, 6.07) is 16.3. The fourth-order valence-electron chi connectivity index (χ4n) is 4.04. The summed E-state index contributed by atoms with van der Waals surface area (Å²) in [7, 11) is 3.42. The number of aromatic nitrogens is 3. The van der Waals surface area contributed by atoms with Gasteiger partial charge in [0.1, 0.15) is 11.6 Å². The van der Waals surface area contributed by atoms with Crippen LogP contribution in [0.3, 0.4) is 0 Å². The number of aromatic amines is 1. The van der Waals surface area contributed by atoms with Gasteiger partial charge in [0, 0.05) is 31.7 Å². The van der Waals surface area contributed by atoms with Gasteiger partial charge < -0.3 is 20.1 Å². The molecule has 4 rings (SSSR count). The topological polar surface area (TPSA) is 96.5 Å². The molecule has 2 heterocycles. The van der Waals surface area contributed by atoms with Gasteiger partial charge in [0.15, 0.2) is 11.8 Å². The van der Waals surface area contributed by atoms with Crippen molar-refractivity contribution in [2.24, 2.45) is 10.9 Å². The molecule has 1 fully saturated rings. The first kappa shape index (κ1) is 26.0. The molecule has 34 heavy (non-hydrogen) atoms. The molecule has 3 N–H and O–H groups in total. The van der Waals surface area contributed by atoms with Gasteiger partial charge in [-0.05, 0) is 49.6 Å². The lowest BCUT2D eigenvalue weighted by Gasteiger charge is -2.32. The summed E-state index contributed by atoms with van der Waals surface area (Å²) in [5, 5.41) is 14.1. The number of hydrogen-bond donors (Lipinski definition) is 3. The highest BCUT2D eigenvalue weighted by atomic mass is 127. The van der Waals surface area contributed by atoms with Crippen molar-refractivity contribution < 1.29 is 9.47 Å². The minimum Gasteiger partial charge on any atom is -0.497 e. The normalized spacial score (nSPS) is 18.1. The lowest BCUT2D eigenvalue weighted by atomic mass is 9.89. The lowest BCUT2D eigenvalue weighted by Crippen LogP contribution is -2.41. The van der Waals surface area contributed by atoms with Crippen LogP contribution in [0.1, 0.15) is 35.9 Å². The van der Waals surface area contributed by atoms with Crippen molar-refractivity contribution in [1.29, 1.82) is 0 Å². The Morgan fingerprint density at radius 3 is 2.62 bits per heavy atom. The van der Waals surface area contributed by atoms with E-state index in [4.69, 9.17) is 9.47 Å². The van der Waals surface area contributed by atoms with Crippen molar-refractivity contribution in [3.05, 3.63) is 65.5 Å². The Morgan fingerprint density at radius 2 is 1.91 bits per heavy atom. The summed E-state index contributed by atoms with van der Waals surface area (Å²) in [4.78, 5) is 8.94. The van der Waals surface area contributed by atoms with Crippen LogP contribution in [0.5, 0.6) is 5.75 Å². The highest BCUT2D eigenvalue weighted by Crippen LogP contribution is 2.33. The van der Waals surface area contributed by atoms with Crippen LogP contribution in [0.25, 0.3) is 11.4 Å². The third-order valence-corrected chi connectivity index (χ3v) is 5.91. The van der Waals surface area contributed by atoms with E-state index in [9.17, 15) is 0 Å². The summed E-state index contributed by atoms with van der Waals surface area (Å²) in [6.07, 6.45) is 2.30. The largest absolute Gasteiger partial charge is 0.497 e. The highest BCUT2D eigenvalue weighted by Gasteiger charge is 2.27. The third kappa shape index (κ3) is 6.69. The van der Waals surface area contributed by atoms with Crippen LogP contribution in [0.15, 0.2) is 53.5 Å². The summed E-state index contributed by atoms with van der Waals surface area (Å²) >= 11 is 0. The van der Waals surface area contributed by atoms with Gasteiger partial charge in [0.2, 0.25) is 0 Å². The van der Waals surface area contributed by atoms with E-state index in [2.05, 4.69) is 62.0 Å². The molecule has 1 aromatic heterocycles. The Labute approximate surface area is 218 Å². The van der Waals surface area contributed by atoms with E-state index >= 15 is 0 Å². The van der Waals surface area contributed by atoms with Crippen molar-refractivity contribution in [1.82, 2.24) is 25.8 Å². The van der Waals surface area contributed by atoms with E-state index in [1.165, 1.54) is 11.1 Å². The number of hydrogen-bond acceptors (Lipinski definition) is 5. The quantitative estimate of drug-likeness (QED) is 0.221. The zero-order valence-corrected chi connectivity index (χ0v) is 22.2. The molecule has 0 aliphatic carbocycles. The van der Waals surface area contributed by atoms with Gasteiger partial charge in [-0.1, -0.05) is 29.8 Å². The Hall–Kier alpha value is -2.66. The second-order valence-corrected chi connectivity index (χ2v) is 8.25. The van der Waals surface area contributed by atoms with Crippen molar-refractivity contribution in [2.75, 3.05) is 27.3 Å². The van der Waals surface area contributed by atoms with Crippen LogP contribution in [0, 0.1) is 12.8 Å². The van der Waals surface area contributed by atoms with Crippen molar-refractivity contribution in [2.45, 2.75) is 32.4 Å². The lowest BCUT2D eigenvalue weighted by molar-refractivity contribution is -0.0265. The van der Waals surface area contributed by atoms with E-state index in [1.54, 1.807) is 14.2 Å². The molecule has 1 saturated heterocycles.